The molecule has 0 aliphatic rings. The largest absolute Gasteiger partial charge is 0.377 e. The van der Waals surface area contributed by atoms with Gasteiger partial charge in [0.15, 0.2) is 0 Å². The average molecular weight is 280 g/mol. The summed E-state index contributed by atoms with van der Waals surface area (Å²) in [5, 5.41) is 18.0. The molecule has 0 amide bonds. The summed E-state index contributed by atoms with van der Waals surface area (Å²) >= 11 is 1.61. The molecule has 0 saturated heterocycles. The Morgan fingerprint density at radius 1 is 1.47 bits per heavy atom. The van der Waals surface area contributed by atoms with Gasteiger partial charge in [-0.1, -0.05) is 0 Å². The molecule has 2 rings (SSSR count). The van der Waals surface area contributed by atoms with E-state index in [0.29, 0.717) is 5.69 Å². The van der Waals surface area contributed by atoms with Gasteiger partial charge in [0, 0.05) is 6.04 Å². The van der Waals surface area contributed by atoms with Crippen molar-refractivity contribution >= 4 is 22.7 Å². The van der Waals surface area contributed by atoms with E-state index in [1.54, 1.807) is 11.3 Å². The first-order valence-electron chi connectivity index (χ1n) is 5.78. The van der Waals surface area contributed by atoms with Gasteiger partial charge in [0.2, 0.25) is 0 Å². The highest BCUT2D eigenvalue weighted by Gasteiger charge is 2.16. The third kappa shape index (κ3) is 3.51. The van der Waals surface area contributed by atoms with E-state index in [4.69, 9.17) is 0 Å². The molecule has 4 nitrogen and oxygen atoms in total. The topological polar surface area (TPSA) is 55.2 Å². The molecule has 1 heterocycles. The molecule has 1 unspecified atom stereocenters. The van der Waals surface area contributed by atoms with E-state index in [9.17, 15) is 14.5 Å². The van der Waals surface area contributed by atoms with Crippen molar-refractivity contribution in [1.29, 1.82) is 0 Å². The Morgan fingerprint density at radius 2 is 2.26 bits per heavy atom. The molecular weight excluding hydrogens is 267 g/mol. The number of rotatable bonds is 5. The quantitative estimate of drug-likeness (QED) is 0.668. The predicted molar refractivity (Wildman–Crippen MR) is 74.2 cm³/mol. The Hall–Kier alpha value is -1.95. The van der Waals surface area contributed by atoms with Crippen molar-refractivity contribution < 1.29 is 9.31 Å². The lowest BCUT2D eigenvalue weighted by Gasteiger charge is -2.14. The molecule has 0 aliphatic heterocycles. The lowest BCUT2D eigenvalue weighted by molar-refractivity contribution is -0.384. The highest BCUT2D eigenvalue weighted by molar-refractivity contribution is 7.07. The molecule has 19 heavy (non-hydrogen) atoms. The summed E-state index contributed by atoms with van der Waals surface area (Å²) in [6.45, 7) is 1.94. The number of halogens is 1. The predicted octanol–water partition coefficient (Wildman–Crippen LogP) is 3.84. The van der Waals surface area contributed by atoms with Crippen LogP contribution in [0.5, 0.6) is 0 Å². The van der Waals surface area contributed by atoms with Crippen LogP contribution in [0, 0.1) is 15.9 Å². The molecule has 2 aromatic rings. The molecule has 6 heteroatoms. The molecule has 0 saturated carbocycles. The van der Waals surface area contributed by atoms with Crippen molar-refractivity contribution in [3.8, 4) is 0 Å². The lowest BCUT2D eigenvalue weighted by atomic mass is 10.1. The van der Waals surface area contributed by atoms with Crippen LogP contribution < -0.4 is 5.32 Å². The van der Waals surface area contributed by atoms with Crippen molar-refractivity contribution in [2.45, 2.75) is 19.4 Å². The smallest absolute Gasteiger partial charge is 0.295 e. The number of hydrogen-bond acceptors (Lipinski definition) is 4. The van der Waals surface area contributed by atoms with Crippen molar-refractivity contribution in [2.24, 2.45) is 0 Å². The molecule has 0 bridgehead atoms. The highest BCUT2D eigenvalue weighted by Crippen LogP contribution is 2.26. The van der Waals surface area contributed by atoms with Crippen LogP contribution in [-0.2, 0) is 6.42 Å². The number of thiophene rings is 1. The van der Waals surface area contributed by atoms with Crippen LogP contribution >= 0.6 is 11.3 Å². The van der Waals surface area contributed by atoms with Gasteiger partial charge in [-0.05, 0) is 47.9 Å². The van der Waals surface area contributed by atoms with Gasteiger partial charge in [-0.25, -0.2) is 4.39 Å². The van der Waals surface area contributed by atoms with E-state index in [0.717, 1.165) is 12.5 Å². The minimum atomic E-state index is -0.609. The van der Waals surface area contributed by atoms with Crippen LogP contribution in [0.1, 0.15) is 12.5 Å². The molecule has 1 atom stereocenters. The number of nitrogens with zero attached hydrogens (tertiary/aromatic N) is 1. The Bertz CT molecular complexity index is 572. The summed E-state index contributed by atoms with van der Waals surface area (Å²) in [6.07, 6.45) is 0.762. The minimum absolute atomic E-state index is 0.0266. The summed E-state index contributed by atoms with van der Waals surface area (Å²) < 4.78 is 13.0. The number of benzene rings is 1. The van der Waals surface area contributed by atoms with E-state index < -0.39 is 10.7 Å². The number of nitrogens with one attached hydrogen (secondary N) is 1. The van der Waals surface area contributed by atoms with E-state index in [1.165, 1.54) is 17.7 Å². The molecule has 100 valence electrons. The van der Waals surface area contributed by atoms with Gasteiger partial charge in [-0.2, -0.15) is 11.3 Å². The maximum absolute atomic E-state index is 13.0. The SMILES string of the molecule is CC(Cc1ccsc1)Nc1ccc(F)cc1[N+](=O)[O-]. The molecule has 1 aromatic carbocycles. The Morgan fingerprint density at radius 3 is 2.89 bits per heavy atom. The van der Waals surface area contributed by atoms with Gasteiger partial charge < -0.3 is 5.32 Å². The first-order valence-corrected chi connectivity index (χ1v) is 6.72. The first-order chi connectivity index (χ1) is 9.06. The minimum Gasteiger partial charge on any atom is -0.377 e. The van der Waals surface area contributed by atoms with Gasteiger partial charge in [0.05, 0.1) is 11.0 Å². The molecule has 0 radical (unpaired) electrons. The molecule has 1 aromatic heterocycles. The second kappa shape index (κ2) is 5.79. The van der Waals surface area contributed by atoms with Crippen LogP contribution in [0.15, 0.2) is 35.0 Å². The second-order valence-electron chi connectivity index (χ2n) is 4.30. The fraction of sp³-hybridized carbons (Fsp3) is 0.231. The zero-order valence-corrected chi connectivity index (χ0v) is 11.1. The highest BCUT2D eigenvalue weighted by atomic mass is 32.1. The van der Waals surface area contributed by atoms with Gasteiger partial charge in [-0.3, -0.25) is 10.1 Å². The van der Waals surface area contributed by atoms with Crippen LogP contribution in [0.4, 0.5) is 15.8 Å². The zero-order valence-electron chi connectivity index (χ0n) is 10.3. The van der Waals surface area contributed by atoms with Gasteiger partial charge >= 0.3 is 0 Å². The molecular formula is C13H13FN2O2S. The normalized spacial score (nSPS) is 12.1. The van der Waals surface area contributed by atoms with Crippen molar-refractivity contribution in [1.82, 2.24) is 0 Å². The summed E-state index contributed by atoms with van der Waals surface area (Å²) in [7, 11) is 0. The average Bonchev–Trinajstić information content (AvgIpc) is 2.83. The number of hydrogen-bond donors (Lipinski definition) is 1. The summed E-state index contributed by atoms with van der Waals surface area (Å²) in [5.74, 6) is -0.609. The molecule has 0 spiro atoms. The van der Waals surface area contributed by atoms with Crippen LogP contribution in [0.3, 0.4) is 0 Å². The van der Waals surface area contributed by atoms with Gasteiger partial charge in [0.1, 0.15) is 11.5 Å². The van der Waals surface area contributed by atoms with Crippen molar-refractivity contribution in [3.05, 3.63) is 56.5 Å². The van der Waals surface area contributed by atoms with Gasteiger partial charge in [-0.15, -0.1) is 0 Å². The Kier molecular flexibility index (Phi) is 4.11. The maximum atomic E-state index is 13.0. The number of nitro benzene ring substituents is 1. The van der Waals surface area contributed by atoms with E-state index in [-0.39, 0.29) is 11.7 Å². The molecule has 0 fully saturated rings. The molecule has 1 N–H and O–H groups in total. The Balaban J connectivity index is 2.12. The van der Waals surface area contributed by atoms with Gasteiger partial charge in [0.25, 0.3) is 5.69 Å². The van der Waals surface area contributed by atoms with Crippen LogP contribution in [0.2, 0.25) is 0 Å². The Labute approximate surface area is 114 Å². The monoisotopic (exact) mass is 280 g/mol. The first kappa shape index (κ1) is 13.5. The van der Waals surface area contributed by atoms with E-state index >= 15 is 0 Å². The second-order valence-corrected chi connectivity index (χ2v) is 5.08. The standard InChI is InChI=1S/C13H13FN2O2S/c1-9(6-10-4-5-19-8-10)15-12-3-2-11(14)7-13(12)16(17)18/h2-5,7-9,15H,6H2,1H3. The lowest BCUT2D eigenvalue weighted by Crippen LogP contribution is -2.18. The fourth-order valence-corrected chi connectivity index (χ4v) is 2.54. The third-order valence-corrected chi connectivity index (χ3v) is 3.41. The van der Waals surface area contributed by atoms with E-state index in [1.807, 2.05) is 23.8 Å². The molecule has 0 aliphatic carbocycles. The van der Waals surface area contributed by atoms with Crippen molar-refractivity contribution in [2.75, 3.05) is 5.32 Å². The number of anilines is 1. The number of nitro groups is 1. The summed E-state index contributed by atoms with van der Waals surface area (Å²) in [5.41, 5.74) is 1.28. The third-order valence-electron chi connectivity index (χ3n) is 2.68. The summed E-state index contributed by atoms with van der Waals surface area (Å²) in [4.78, 5) is 10.3. The van der Waals surface area contributed by atoms with E-state index in [2.05, 4.69) is 5.32 Å². The fourth-order valence-electron chi connectivity index (χ4n) is 1.86. The van der Waals surface area contributed by atoms with Crippen LogP contribution in [0.25, 0.3) is 0 Å². The zero-order chi connectivity index (χ0) is 13.8. The van der Waals surface area contributed by atoms with Crippen molar-refractivity contribution in [3.63, 3.8) is 0 Å². The summed E-state index contributed by atoms with van der Waals surface area (Å²) in [6, 6.07) is 5.59. The van der Waals surface area contributed by atoms with Crippen LogP contribution in [-0.4, -0.2) is 11.0 Å². The maximum Gasteiger partial charge on any atom is 0.295 e.